The van der Waals surface area contributed by atoms with Gasteiger partial charge >= 0.3 is 0 Å². The number of amidine groups is 1. The van der Waals surface area contributed by atoms with Gasteiger partial charge in [0, 0.05) is 23.7 Å². The minimum atomic E-state index is -0.815. The van der Waals surface area contributed by atoms with E-state index in [0.717, 1.165) is 29.7 Å². The number of nitrogens with zero attached hydrogens (tertiary/aromatic N) is 3. The predicted molar refractivity (Wildman–Crippen MR) is 127 cm³/mol. The van der Waals surface area contributed by atoms with Crippen LogP contribution in [-0.2, 0) is 6.42 Å². The molecular formula is C25H24F2N4O2. The number of aliphatic imine (C=N–C) groups is 2. The number of hydrogen-bond donors (Lipinski definition) is 1. The molecule has 0 unspecified atom stereocenters. The van der Waals surface area contributed by atoms with Crippen LogP contribution in [0.5, 0.6) is 5.75 Å². The molecule has 2 aromatic carbocycles. The van der Waals surface area contributed by atoms with E-state index in [1.54, 1.807) is 25.3 Å². The van der Waals surface area contributed by atoms with E-state index in [4.69, 9.17) is 10.5 Å². The number of benzene rings is 2. The fraction of sp³-hybridized carbons (Fsp3) is 0.200. The highest BCUT2D eigenvalue weighted by Gasteiger charge is 2.19. The van der Waals surface area contributed by atoms with Gasteiger partial charge in [0.15, 0.2) is 0 Å². The number of hydrogen-bond acceptors (Lipinski definition) is 4. The lowest BCUT2D eigenvalue weighted by Gasteiger charge is -2.13. The van der Waals surface area contributed by atoms with E-state index >= 15 is 0 Å². The van der Waals surface area contributed by atoms with Crippen LogP contribution < -0.4 is 10.5 Å². The quantitative estimate of drug-likeness (QED) is 0.394. The molecule has 8 heteroatoms. The second-order valence-electron chi connectivity index (χ2n) is 7.55. The number of halogens is 2. The smallest absolute Gasteiger partial charge is 0.267 e. The Bertz CT molecular complexity index is 1280. The maximum Gasteiger partial charge on any atom is 0.267 e. The summed E-state index contributed by atoms with van der Waals surface area (Å²) in [4.78, 5) is 24.1. The number of pyridine rings is 1. The molecule has 33 heavy (non-hydrogen) atoms. The number of allylic oxidation sites excluding steroid dienone is 1. The summed E-state index contributed by atoms with van der Waals surface area (Å²) in [5.41, 5.74) is 7.67. The third kappa shape index (κ3) is 5.46. The van der Waals surface area contributed by atoms with Gasteiger partial charge in [0.2, 0.25) is 0 Å². The lowest BCUT2D eigenvalue weighted by atomic mass is 9.96. The molecule has 1 heterocycles. The summed E-state index contributed by atoms with van der Waals surface area (Å²) in [6.07, 6.45) is 3.14. The highest BCUT2D eigenvalue weighted by molar-refractivity contribution is 6.01. The molecule has 0 saturated carbocycles. The molecule has 0 aliphatic heterocycles. The summed E-state index contributed by atoms with van der Waals surface area (Å²) in [6, 6.07) is 8.87. The van der Waals surface area contributed by atoms with Gasteiger partial charge in [0.1, 0.15) is 28.9 Å². The minimum absolute atomic E-state index is 0.0522. The van der Waals surface area contributed by atoms with E-state index in [9.17, 15) is 13.6 Å². The zero-order valence-corrected chi connectivity index (χ0v) is 18.7. The Labute approximate surface area is 190 Å². The van der Waals surface area contributed by atoms with E-state index in [0.29, 0.717) is 23.2 Å². The van der Waals surface area contributed by atoms with Crippen molar-refractivity contribution < 1.29 is 18.3 Å². The molecular weight excluding hydrogens is 426 g/mol. The van der Waals surface area contributed by atoms with E-state index < -0.39 is 17.5 Å². The lowest BCUT2D eigenvalue weighted by Crippen LogP contribution is -2.13. The largest absolute Gasteiger partial charge is 0.497 e. The van der Waals surface area contributed by atoms with Crippen LogP contribution in [0.3, 0.4) is 0 Å². The van der Waals surface area contributed by atoms with Gasteiger partial charge in [0.05, 0.1) is 18.2 Å². The summed E-state index contributed by atoms with van der Waals surface area (Å²) in [5.74, 6) is -1.79. The van der Waals surface area contributed by atoms with Crippen molar-refractivity contribution in [3.05, 3.63) is 71.1 Å². The van der Waals surface area contributed by atoms with Gasteiger partial charge < -0.3 is 10.5 Å². The molecule has 0 fully saturated rings. The third-order valence-electron chi connectivity index (χ3n) is 5.16. The van der Waals surface area contributed by atoms with E-state index in [-0.39, 0.29) is 22.6 Å². The van der Waals surface area contributed by atoms with Crippen LogP contribution in [0.15, 0.2) is 58.2 Å². The van der Waals surface area contributed by atoms with E-state index in [1.807, 2.05) is 13.0 Å². The van der Waals surface area contributed by atoms with Crippen molar-refractivity contribution in [2.24, 2.45) is 15.7 Å². The highest BCUT2D eigenvalue weighted by Crippen LogP contribution is 2.35. The highest BCUT2D eigenvalue weighted by atomic mass is 19.1. The Morgan fingerprint density at radius 3 is 2.48 bits per heavy atom. The topological polar surface area (TPSA) is 89.9 Å². The molecule has 2 N–H and O–H groups in total. The number of fused-ring (bicyclic) bond motifs is 1. The average Bonchev–Trinajstić information content (AvgIpc) is 2.79. The van der Waals surface area contributed by atoms with Gasteiger partial charge in [0.25, 0.3) is 5.91 Å². The molecule has 0 saturated heterocycles. The summed E-state index contributed by atoms with van der Waals surface area (Å²) in [6.45, 7) is 7.14. The standard InChI is InChI=1S/C25H24F2N4O2/c1-14(13-30-15(2)29-3)5-6-16-7-8-18-19(12-23(25(28)32)31-22(18)9-16)24-20(26)10-17(33-4)11-21(24)27/h7-13H,3,5-6H2,1-2,4H3,(H2,28,32)/b14-13+,30-15?. The molecule has 0 aliphatic rings. The van der Waals surface area contributed by atoms with Crippen molar-refractivity contribution >= 4 is 29.4 Å². The average molecular weight is 450 g/mol. The second kappa shape index (κ2) is 10.1. The maximum absolute atomic E-state index is 14.8. The number of aromatic nitrogens is 1. The van der Waals surface area contributed by atoms with Crippen LogP contribution in [0.1, 0.15) is 36.3 Å². The van der Waals surface area contributed by atoms with Crippen LogP contribution >= 0.6 is 0 Å². The van der Waals surface area contributed by atoms with Gasteiger partial charge in [-0.3, -0.25) is 4.79 Å². The molecule has 0 aliphatic carbocycles. The number of methoxy groups -OCH3 is 1. The summed E-state index contributed by atoms with van der Waals surface area (Å²) < 4.78 is 34.5. The molecule has 1 aromatic heterocycles. The number of primary amides is 1. The molecule has 3 rings (SSSR count). The van der Waals surface area contributed by atoms with Crippen LogP contribution in [0, 0.1) is 11.6 Å². The Balaban J connectivity index is 2.05. The Hall–Kier alpha value is -3.94. The first-order valence-electron chi connectivity index (χ1n) is 10.2. The summed E-state index contributed by atoms with van der Waals surface area (Å²) >= 11 is 0. The fourth-order valence-electron chi connectivity index (χ4n) is 3.34. The van der Waals surface area contributed by atoms with Crippen LogP contribution in [-0.4, -0.2) is 30.6 Å². The molecule has 6 nitrogen and oxygen atoms in total. The van der Waals surface area contributed by atoms with Crippen molar-refractivity contribution in [3.8, 4) is 16.9 Å². The Morgan fingerprint density at radius 1 is 1.18 bits per heavy atom. The van der Waals surface area contributed by atoms with Gasteiger partial charge in [-0.25, -0.2) is 23.7 Å². The predicted octanol–water partition coefficient (Wildman–Crippen LogP) is 5.24. The van der Waals surface area contributed by atoms with Crippen LogP contribution in [0.2, 0.25) is 0 Å². The Morgan fingerprint density at radius 2 is 1.88 bits per heavy atom. The van der Waals surface area contributed by atoms with Crippen molar-refractivity contribution in [3.63, 3.8) is 0 Å². The molecule has 1 amide bonds. The SMILES string of the molecule is C=NC(C)=N/C=C(\C)CCc1ccc2c(-c3c(F)cc(OC)cc3F)cc(C(N)=O)nc2c1. The molecule has 0 radical (unpaired) electrons. The number of rotatable bonds is 7. The number of ether oxygens (including phenoxy) is 1. The Kier molecular flexibility index (Phi) is 7.27. The monoisotopic (exact) mass is 450 g/mol. The van der Waals surface area contributed by atoms with E-state index in [1.165, 1.54) is 13.2 Å². The molecule has 3 aromatic rings. The van der Waals surface area contributed by atoms with Crippen LogP contribution in [0.4, 0.5) is 8.78 Å². The lowest BCUT2D eigenvalue weighted by molar-refractivity contribution is 0.0996. The normalized spacial score (nSPS) is 12.2. The number of carbonyl (C=O) groups excluding carboxylic acids is 1. The summed E-state index contributed by atoms with van der Waals surface area (Å²) in [7, 11) is 1.32. The van der Waals surface area contributed by atoms with Crippen molar-refractivity contribution in [1.82, 2.24) is 4.98 Å². The number of amides is 1. The zero-order chi connectivity index (χ0) is 24.1. The molecule has 0 spiro atoms. The third-order valence-corrected chi connectivity index (χ3v) is 5.16. The van der Waals surface area contributed by atoms with Crippen molar-refractivity contribution in [1.29, 1.82) is 0 Å². The first-order valence-corrected chi connectivity index (χ1v) is 10.2. The zero-order valence-electron chi connectivity index (χ0n) is 18.7. The molecule has 170 valence electrons. The van der Waals surface area contributed by atoms with Gasteiger partial charge in [-0.2, -0.15) is 0 Å². The molecule has 0 atom stereocenters. The van der Waals surface area contributed by atoms with Crippen molar-refractivity contribution in [2.45, 2.75) is 26.7 Å². The van der Waals surface area contributed by atoms with Gasteiger partial charge in [-0.1, -0.05) is 17.7 Å². The molecule has 0 bridgehead atoms. The second-order valence-corrected chi connectivity index (χ2v) is 7.55. The number of aryl methyl sites for hydroxylation is 1. The minimum Gasteiger partial charge on any atom is -0.497 e. The maximum atomic E-state index is 14.8. The number of carbonyl (C=O) groups is 1. The van der Waals surface area contributed by atoms with E-state index in [2.05, 4.69) is 21.7 Å². The number of nitrogens with two attached hydrogens (primary N) is 1. The summed E-state index contributed by atoms with van der Waals surface area (Å²) in [5, 5.41) is 0.497. The first kappa shape index (κ1) is 23.7. The van der Waals surface area contributed by atoms with Gasteiger partial charge in [-0.05, 0) is 56.7 Å². The van der Waals surface area contributed by atoms with Crippen molar-refractivity contribution in [2.75, 3.05) is 7.11 Å². The van der Waals surface area contributed by atoms with Gasteiger partial charge in [-0.15, -0.1) is 0 Å². The fourth-order valence-corrected chi connectivity index (χ4v) is 3.34. The van der Waals surface area contributed by atoms with Crippen LogP contribution in [0.25, 0.3) is 22.0 Å². The first-order chi connectivity index (χ1) is 15.7.